The topological polar surface area (TPSA) is 25.9 Å². The van der Waals surface area contributed by atoms with Crippen molar-refractivity contribution in [1.82, 2.24) is 0 Å². The van der Waals surface area contributed by atoms with Gasteiger partial charge in [-0.25, -0.2) is 0 Å². The molecule has 0 spiro atoms. The predicted octanol–water partition coefficient (Wildman–Crippen LogP) is 26.8. The van der Waals surface area contributed by atoms with Crippen molar-refractivity contribution in [3.8, 4) is 0 Å². The Morgan fingerprint density at radius 3 is 0.597 bits per heavy atom. The smallest absolute Gasteiger partial charge is 0.252 e. The van der Waals surface area contributed by atoms with Crippen LogP contribution in [0.15, 0.2) is 437 Å². The van der Waals surface area contributed by atoms with Gasteiger partial charge in [0, 0.05) is 119 Å². The molecule has 0 atom stereocenters. The van der Waals surface area contributed by atoms with Crippen LogP contribution in [0, 0.1) is 83.1 Å². The van der Waals surface area contributed by atoms with Gasteiger partial charge < -0.3 is 39.2 Å². The van der Waals surface area contributed by atoms with Crippen molar-refractivity contribution in [3.05, 3.63) is 504 Å². The summed E-state index contributed by atoms with van der Waals surface area (Å²) in [4.78, 5) is 19.9. The van der Waals surface area contributed by atoms with E-state index in [1.807, 2.05) is 0 Å². The first-order chi connectivity index (χ1) is 70.6. The third kappa shape index (κ3) is 14.0. The zero-order valence-corrected chi connectivity index (χ0v) is 83.5. The Morgan fingerprint density at radius 2 is 0.306 bits per heavy atom. The van der Waals surface area contributed by atoms with E-state index in [2.05, 4.69) is 559 Å². The molecule has 0 bridgehead atoms. The fourth-order valence-corrected chi connectivity index (χ4v) is 25.5. The van der Waals surface area contributed by atoms with Crippen LogP contribution in [0.5, 0.6) is 0 Å². The summed E-state index contributed by atoms with van der Waals surface area (Å²) in [6.45, 7) is 27.6. The van der Waals surface area contributed by atoms with E-state index in [0.717, 1.165) is 0 Å². The zero-order valence-electron chi connectivity index (χ0n) is 83.5. The van der Waals surface area contributed by atoms with Gasteiger partial charge in [-0.2, -0.15) is 0 Å². The van der Waals surface area contributed by atoms with Gasteiger partial charge in [-0.3, -0.25) is 0 Å². The quantitative estimate of drug-likeness (QED) is 0.139. The average Bonchev–Trinajstić information content (AvgIpc) is 0.735. The normalized spacial score (nSPS) is 13.2. The molecule has 8 aliphatic rings. The lowest BCUT2D eigenvalue weighted by atomic mass is 9.33. The molecule has 8 nitrogen and oxygen atoms in total. The highest BCUT2D eigenvalue weighted by Gasteiger charge is 2.50. The number of aryl methyl sites for hydroxylation is 12. The number of para-hydroxylation sites is 16. The SMILES string of the molecule is Cc1cccc(C)c1N1c2ccccc2B2c3ccccc3N(c3c(C)cccc3C)c3cccc1c32.Cc1cccc(C)c1N1c2ccccc2B2c3ccccc3N(c3ccccc3)c3cccc1c32.Cc1cccc2c1N(c1ccccc1)c1c(C)cc(C)c3c1B2c1cccc(C)c1N3c1ccccc1.Cc1cccc2c1N(c1ccccc1)c1c(C)ccc3c1B2c1ccccc1N3c1ccccc1. The van der Waals surface area contributed by atoms with Crippen molar-refractivity contribution >= 4 is 229 Å². The second kappa shape index (κ2) is 35.7. The van der Waals surface area contributed by atoms with Crippen LogP contribution in [0.3, 0.4) is 0 Å². The Balaban J connectivity index is 0.000000101. The molecular formula is C132H108B4N8. The molecule has 0 aliphatic carbocycles. The lowest BCUT2D eigenvalue weighted by molar-refractivity contribution is 1.19. The molecule has 0 aromatic heterocycles. The minimum atomic E-state index is 0.174. The number of nitrogens with zero attached hydrogens (tertiary/aromatic N) is 8. The molecular weight excluding hydrogens is 1740 g/mol. The van der Waals surface area contributed by atoms with Crippen LogP contribution in [0.25, 0.3) is 0 Å². The molecule has 144 heavy (non-hydrogen) atoms. The molecule has 20 aromatic rings. The molecule has 20 aromatic carbocycles. The molecule has 688 valence electrons. The molecule has 0 radical (unpaired) electrons. The summed E-state index contributed by atoms with van der Waals surface area (Å²) in [5.41, 5.74) is 62.2. The summed E-state index contributed by atoms with van der Waals surface area (Å²) in [7, 11) is 0. The Labute approximate surface area is 848 Å². The van der Waals surface area contributed by atoms with Gasteiger partial charge in [0.15, 0.2) is 0 Å². The zero-order chi connectivity index (χ0) is 97.6. The van der Waals surface area contributed by atoms with E-state index in [1.165, 1.54) is 269 Å². The van der Waals surface area contributed by atoms with Crippen LogP contribution in [0.2, 0.25) is 0 Å². The number of rotatable bonds is 8. The van der Waals surface area contributed by atoms with Gasteiger partial charge in [-0.15, -0.1) is 0 Å². The number of hydrogen-bond acceptors (Lipinski definition) is 8. The van der Waals surface area contributed by atoms with Crippen molar-refractivity contribution in [2.75, 3.05) is 39.2 Å². The van der Waals surface area contributed by atoms with Gasteiger partial charge >= 0.3 is 0 Å². The first kappa shape index (κ1) is 88.5. The maximum absolute atomic E-state index is 2.51. The highest BCUT2D eigenvalue weighted by Crippen LogP contribution is 2.54. The largest absolute Gasteiger partial charge is 0.311 e. The van der Waals surface area contributed by atoms with E-state index >= 15 is 0 Å². The van der Waals surface area contributed by atoms with Crippen molar-refractivity contribution in [3.63, 3.8) is 0 Å². The van der Waals surface area contributed by atoms with Gasteiger partial charge in [-0.1, -0.05) is 315 Å². The van der Waals surface area contributed by atoms with E-state index in [0.29, 0.717) is 0 Å². The summed E-state index contributed by atoms with van der Waals surface area (Å²) in [6, 6.07) is 160. The fourth-order valence-electron chi connectivity index (χ4n) is 25.5. The standard InChI is InChI=1S/2C34H29BN2.2C32H25BN2/c1-22-12-9-13-23(2)33(22)36-28-18-7-5-16-26(28)35-27-17-6-8-19-29(27)37(31-21-11-20-30(36)32(31)35)34-24(3)14-10-15-25(34)4;1-22-13-11-19-28-31(22)36(26-15-7-5-8-16-26)33-24(3)21-25(4)34-30(33)35(28)29-20-12-14-23(2)32(29)37(34)27-17-9-6-10-18-27;1-22-12-11-18-27-31(22)35(25-15-7-4-8-16-25)32-23(2)20-21-29-30(32)33(27)26-17-9-10-19-28(26)34(29)24-13-5-3-6-14-24;1-22-12-10-13-23(2)32(22)35-28-19-9-7-17-26(28)33-25-16-6-8-18-27(25)34(24-14-4-3-5-15-24)29-20-11-21-30(35)31(29)33/h2*5-21H,1-4H3;2*3-21H,1-2H3. The van der Waals surface area contributed by atoms with Crippen LogP contribution < -0.4 is 105 Å². The third-order valence-corrected chi connectivity index (χ3v) is 31.2. The van der Waals surface area contributed by atoms with Gasteiger partial charge in [0.25, 0.3) is 26.9 Å². The van der Waals surface area contributed by atoms with Crippen LogP contribution >= 0.6 is 0 Å². The molecule has 0 fully saturated rings. The Hall–Kier alpha value is -16.9. The molecule has 28 rings (SSSR count). The van der Waals surface area contributed by atoms with Crippen molar-refractivity contribution in [1.29, 1.82) is 0 Å². The lowest BCUT2D eigenvalue weighted by Gasteiger charge is -2.46. The number of fused-ring (bicyclic) bond motifs is 16. The van der Waals surface area contributed by atoms with E-state index < -0.39 is 0 Å². The maximum Gasteiger partial charge on any atom is 0.252 e. The fraction of sp³-hybridized carbons (Fsp3) is 0.0909. The van der Waals surface area contributed by atoms with Crippen LogP contribution in [-0.4, -0.2) is 26.9 Å². The molecule has 0 saturated carbocycles. The Bertz CT molecular complexity index is 8220. The minimum absolute atomic E-state index is 0.174. The molecule has 0 saturated heterocycles. The first-order valence-electron chi connectivity index (χ1n) is 50.7. The highest BCUT2D eigenvalue weighted by atomic mass is 15.2. The van der Waals surface area contributed by atoms with Gasteiger partial charge in [0.1, 0.15) is 0 Å². The second-order valence-electron chi connectivity index (χ2n) is 39.9. The van der Waals surface area contributed by atoms with Crippen LogP contribution in [0.1, 0.15) is 66.8 Å². The monoisotopic (exact) mass is 1850 g/mol. The molecule has 12 heteroatoms. The van der Waals surface area contributed by atoms with Crippen molar-refractivity contribution in [2.24, 2.45) is 0 Å². The number of benzene rings is 20. The van der Waals surface area contributed by atoms with Crippen LogP contribution in [0.4, 0.5) is 136 Å². The van der Waals surface area contributed by atoms with Gasteiger partial charge in [0.05, 0.1) is 17.1 Å². The maximum atomic E-state index is 2.51. The molecule has 0 amide bonds. The third-order valence-electron chi connectivity index (χ3n) is 31.2. The molecule has 0 N–H and O–H groups in total. The van der Waals surface area contributed by atoms with Crippen molar-refractivity contribution in [2.45, 2.75) is 83.1 Å². The van der Waals surface area contributed by atoms with Crippen molar-refractivity contribution < 1.29 is 0 Å². The molecule has 8 aliphatic heterocycles. The van der Waals surface area contributed by atoms with E-state index in [-0.39, 0.29) is 26.9 Å². The average molecular weight is 1850 g/mol. The highest BCUT2D eigenvalue weighted by molar-refractivity contribution is 7.03. The van der Waals surface area contributed by atoms with E-state index in [1.54, 1.807) is 0 Å². The first-order valence-corrected chi connectivity index (χ1v) is 50.7. The van der Waals surface area contributed by atoms with Gasteiger partial charge in [-0.05, 0) is 337 Å². The summed E-state index contributed by atoms with van der Waals surface area (Å²) in [5, 5.41) is 0. The Kier molecular flexibility index (Phi) is 21.9. The van der Waals surface area contributed by atoms with Gasteiger partial charge in [0.2, 0.25) is 0 Å². The van der Waals surface area contributed by atoms with Crippen LogP contribution in [-0.2, 0) is 0 Å². The molecule has 0 unspecified atom stereocenters. The predicted molar refractivity (Wildman–Crippen MR) is 619 cm³/mol. The second-order valence-corrected chi connectivity index (χ2v) is 39.9. The summed E-state index contributed by atoms with van der Waals surface area (Å²) in [5.74, 6) is 0. The Morgan fingerprint density at radius 1 is 0.118 bits per heavy atom. The number of hydrogen-bond donors (Lipinski definition) is 0. The number of anilines is 24. The van der Waals surface area contributed by atoms with E-state index in [9.17, 15) is 0 Å². The van der Waals surface area contributed by atoms with E-state index in [4.69, 9.17) is 0 Å². The summed E-state index contributed by atoms with van der Waals surface area (Å²) >= 11 is 0. The lowest BCUT2D eigenvalue weighted by Crippen LogP contribution is -2.62. The minimum Gasteiger partial charge on any atom is -0.311 e. The summed E-state index contributed by atoms with van der Waals surface area (Å²) in [6.07, 6.45) is 0. The molecule has 8 heterocycles. The summed E-state index contributed by atoms with van der Waals surface area (Å²) < 4.78 is 0.